The molecule has 0 atom stereocenters. The molecule has 8 nitrogen and oxygen atoms in total. The van der Waals surface area contributed by atoms with E-state index < -0.39 is 15.8 Å². The Bertz CT molecular complexity index is 1180. The van der Waals surface area contributed by atoms with Crippen LogP contribution in [0.4, 0.5) is 10.1 Å². The molecule has 3 N–H and O–H groups in total. The molecule has 0 bridgehead atoms. The Balaban J connectivity index is 1.20. The van der Waals surface area contributed by atoms with Gasteiger partial charge in [-0.3, -0.25) is 4.90 Å². The average Bonchev–Trinajstić information content (AvgIpc) is 3.14. The first-order valence-corrected chi connectivity index (χ1v) is 11.8. The van der Waals surface area contributed by atoms with Gasteiger partial charge in [0.2, 0.25) is 10.0 Å². The molecule has 1 fully saturated rings. The normalized spacial score (nSPS) is 15.6. The number of benzene rings is 2. The number of nitrogens with zero attached hydrogens (tertiary/aromatic N) is 2. The van der Waals surface area contributed by atoms with Gasteiger partial charge >= 0.3 is 5.69 Å². The van der Waals surface area contributed by atoms with Crippen LogP contribution < -0.4 is 15.3 Å². The summed E-state index contributed by atoms with van der Waals surface area (Å²) in [5.74, 6) is -0.461. The van der Waals surface area contributed by atoms with Crippen molar-refractivity contribution in [3.05, 3.63) is 58.8 Å². The molecule has 0 saturated carbocycles. The van der Waals surface area contributed by atoms with Crippen LogP contribution >= 0.6 is 0 Å². The summed E-state index contributed by atoms with van der Waals surface area (Å²) in [5.41, 5.74) is 2.49. The number of hydrogen-bond donors (Lipinski definition) is 3. The van der Waals surface area contributed by atoms with Crippen LogP contribution in [0, 0.1) is 5.82 Å². The third-order valence-corrected chi connectivity index (χ3v) is 7.04. The Labute approximate surface area is 180 Å². The number of nitrogens with one attached hydrogen (secondary N) is 3. The highest BCUT2D eigenvalue weighted by Gasteiger charge is 2.19. The van der Waals surface area contributed by atoms with Crippen molar-refractivity contribution >= 4 is 26.7 Å². The van der Waals surface area contributed by atoms with Crippen molar-refractivity contribution in [3.8, 4) is 0 Å². The maximum Gasteiger partial charge on any atom is 0.323 e. The van der Waals surface area contributed by atoms with Crippen LogP contribution in [-0.2, 0) is 10.0 Å². The number of anilines is 1. The van der Waals surface area contributed by atoms with E-state index in [0.717, 1.165) is 74.4 Å². The zero-order valence-corrected chi connectivity index (χ0v) is 17.9. The van der Waals surface area contributed by atoms with Crippen molar-refractivity contribution in [2.45, 2.75) is 17.7 Å². The lowest BCUT2D eigenvalue weighted by Gasteiger charge is -2.36. The van der Waals surface area contributed by atoms with Gasteiger partial charge in [0, 0.05) is 32.7 Å². The van der Waals surface area contributed by atoms with E-state index in [-0.39, 0.29) is 10.6 Å². The number of hydrogen-bond acceptors (Lipinski definition) is 5. The molecule has 2 aromatic carbocycles. The summed E-state index contributed by atoms with van der Waals surface area (Å²) in [4.78, 5) is 22.0. The van der Waals surface area contributed by atoms with Crippen LogP contribution in [0.25, 0.3) is 11.0 Å². The molecule has 10 heteroatoms. The van der Waals surface area contributed by atoms with Gasteiger partial charge in [-0.1, -0.05) is 6.07 Å². The van der Waals surface area contributed by atoms with Crippen LogP contribution in [0.3, 0.4) is 0 Å². The summed E-state index contributed by atoms with van der Waals surface area (Å²) in [6.07, 6.45) is 1.61. The Hall–Kier alpha value is -2.69. The van der Waals surface area contributed by atoms with E-state index in [2.05, 4.69) is 24.5 Å². The molecule has 0 amide bonds. The van der Waals surface area contributed by atoms with Crippen LogP contribution in [-0.4, -0.2) is 62.6 Å². The minimum atomic E-state index is -3.60. The zero-order chi connectivity index (χ0) is 21.8. The van der Waals surface area contributed by atoms with Gasteiger partial charge in [0.1, 0.15) is 5.82 Å². The van der Waals surface area contributed by atoms with Crippen molar-refractivity contribution in [3.63, 3.8) is 0 Å². The van der Waals surface area contributed by atoms with E-state index in [0.29, 0.717) is 6.54 Å². The summed E-state index contributed by atoms with van der Waals surface area (Å²) in [6, 6.07) is 10.7. The quantitative estimate of drug-likeness (QED) is 0.458. The van der Waals surface area contributed by atoms with Gasteiger partial charge in [-0.05, 0) is 55.8 Å². The molecule has 0 unspecified atom stereocenters. The lowest BCUT2D eigenvalue weighted by molar-refractivity contribution is 0.253. The molecule has 166 valence electrons. The van der Waals surface area contributed by atoms with Crippen molar-refractivity contribution in [2.24, 2.45) is 0 Å². The third-order valence-electron chi connectivity index (χ3n) is 5.56. The Morgan fingerprint density at radius 3 is 2.45 bits per heavy atom. The highest BCUT2D eigenvalue weighted by atomic mass is 32.2. The van der Waals surface area contributed by atoms with Gasteiger partial charge in [0.05, 0.1) is 21.6 Å². The lowest BCUT2D eigenvalue weighted by Crippen LogP contribution is -2.46. The minimum absolute atomic E-state index is 0.0730. The minimum Gasteiger partial charge on any atom is -0.367 e. The van der Waals surface area contributed by atoms with Gasteiger partial charge < -0.3 is 14.9 Å². The number of sulfonamides is 1. The van der Waals surface area contributed by atoms with Gasteiger partial charge in [-0.2, -0.15) is 0 Å². The van der Waals surface area contributed by atoms with E-state index in [9.17, 15) is 17.6 Å². The van der Waals surface area contributed by atoms with Gasteiger partial charge in [0.15, 0.2) is 0 Å². The first-order chi connectivity index (χ1) is 14.9. The predicted octanol–water partition coefficient (Wildman–Crippen LogP) is 1.88. The van der Waals surface area contributed by atoms with Gasteiger partial charge in [-0.15, -0.1) is 0 Å². The second-order valence-corrected chi connectivity index (χ2v) is 9.43. The molecule has 1 saturated heterocycles. The predicted molar refractivity (Wildman–Crippen MR) is 118 cm³/mol. The molecule has 3 aromatic rings. The van der Waals surface area contributed by atoms with E-state index in [4.69, 9.17) is 0 Å². The number of aromatic amines is 2. The third kappa shape index (κ3) is 5.15. The van der Waals surface area contributed by atoms with E-state index in [1.165, 1.54) is 12.1 Å². The number of unbranched alkanes of at least 4 members (excludes halogenated alkanes) is 1. The van der Waals surface area contributed by atoms with Gasteiger partial charge in [0.25, 0.3) is 0 Å². The molecule has 1 aromatic heterocycles. The standard InChI is InChI=1S/C21H26FN5O3S/c22-16-6-8-17(9-7-16)31(29,30)23-10-1-2-11-26-12-14-27(15-13-26)19-5-3-4-18-20(19)25-21(28)24-18/h3-9,23H,1-2,10-15H2,(H2,24,25,28). The maximum absolute atomic E-state index is 13.0. The van der Waals surface area contributed by atoms with E-state index in [1.54, 1.807) is 0 Å². The van der Waals surface area contributed by atoms with Gasteiger partial charge in [-0.25, -0.2) is 22.3 Å². The molecule has 4 rings (SSSR count). The summed E-state index contributed by atoms with van der Waals surface area (Å²) in [6.45, 7) is 4.80. The molecule has 0 radical (unpaired) electrons. The number of H-pyrrole nitrogens is 2. The molecular weight excluding hydrogens is 421 g/mol. The number of para-hydroxylation sites is 1. The summed E-state index contributed by atoms with van der Waals surface area (Å²) >= 11 is 0. The summed E-state index contributed by atoms with van der Waals surface area (Å²) in [7, 11) is -3.60. The number of fused-ring (bicyclic) bond motifs is 1. The molecule has 2 heterocycles. The maximum atomic E-state index is 13.0. The van der Waals surface area contributed by atoms with Crippen molar-refractivity contribution in [1.29, 1.82) is 0 Å². The highest BCUT2D eigenvalue weighted by molar-refractivity contribution is 7.89. The van der Waals surface area contributed by atoms with E-state index in [1.807, 2.05) is 18.2 Å². The van der Waals surface area contributed by atoms with Crippen molar-refractivity contribution in [2.75, 3.05) is 44.2 Å². The lowest BCUT2D eigenvalue weighted by atomic mass is 10.2. The smallest absolute Gasteiger partial charge is 0.323 e. The first-order valence-electron chi connectivity index (χ1n) is 10.4. The SMILES string of the molecule is O=c1[nH]c2cccc(N3CCN(CCCCNS(=O)(=O)c4ccc(F)cc4)CC3)c2[nH]1. The number of imidazole rings is 1. The monoisotopic (exact) mass is 447 g/mol. The average molecular weight is 448 g/mol. The molecule has 31 heavy (non-hydrogen) atoms. The van der Waals surface area contributed by atoms with E-state index >= 15 is 0 Å². The number of halogens is 1. The molecular formula is C21H26FN5O3S. The Kier molecular flexibility index (Phi) is 6.40. The second-order valence-electron chi connectivity index (χ2n) is 7.67. The van der Waals surface area contributed by atoms with Crippen LogP contribution in [0.5, 0.6) is 0 Å². The Morgan fingerprint density at radius 1 is 0.968 bits per heavy atom. The summed E-state index contributed by atoms with van der Waals surface area (Å²) in [5, 5.41) is 0. The topological polar surface area (TPSA) is 101 Å². The van der Waals surface area contributed by atoms with Crippen LogP contribution in [0.2, 0.25) is 0 Å². The molecule has 0 aliphatic carbocycles. The fraction of sp³-hybridized carbons (Fsp3) is 0.381. The first kappa shape index (κ1) is 21.5. The molecule has 1 aliphatic heterocycles. The van der Waals surface area contributed by atoms with Crippen molar-refractivity contribution in [1.82, 2.24) is 19.6 Å². The fourth-order valence-electron chi connectivity index (χ4n) is 3.88. The fourth-order valence-corrected chi connectivity index (χ4v) is 4.96. The summed E-state index contributed by atoms with van der Waals surface area (Å²) < 4.78 is 39.9. The molecule has 1 aliphatic rings. The number of aromatic nitrogens is 2. The molecule has 0 spiro atoms. The Morgan fingerprint density at radius 2 is 1.71 bits per heavy atom. The van der Waals surface area contributed by atoms with Crippen molar-refractivity contribution < 1.29 is 12.8 Å². The number of rotatable bonds is 8. The second kappa shape index (κ2) is 9.21. The zero-order valence-electron chi connectivity index (χ0n) is 17.1. The largest absolute Gasteiger partial charge is 0.367 e. The van der Waals surface area contributed by atoms with Crippen LogP contribution in [0.1, 0.15) is 12.8 Å². The highest BCUT2D eigenvalue weighted by Crippen LogP contribution is 2.24. The van der Waals surface area contributed by atoms with Crippen LogP contribution in [0.15, 0.2) is 52.2 Å². The number of piperazine rings is 1.